The molecule has 0 aliphatic heterocycles. The largest absolute Gasteiger partial charge is 0.303 e. The first-order valence-corrected chi connectivity index (χ1v) is 10.8. The van der Waals surface area contributed by atoms with Crippen LogP contribution in [0.2, 0.25) is 0 Å². The van der Waals surface area contributed by atoms with Crippen LogP contribution in [-0.4, -0.2) is 33.9 Å². The van der Waals surface area contributed by atoms with Crippen molar-refractivity contribution < 1.29 is 4.79 Å². The molecule has 0 aliphatic rings. The zero-order valence-electron chi connectivity index (χ0n) is 19.6. The van der Waals surface area contributed by atoms with Crippen molar-refractivity contribution in [2.24, 2.45) is 5.10 Å². The molecule has 0 spiro atoms. The Kier molecular flexibility index (Phi) is 9.19. The van der Waals surface area contributed by atoms with Crippen LogP contribution in [0.5, 0.6) is 0 Å². The highest BCUT2D eigenvalue weighted by molar-refractivity contribution is 6.12. The van der Waals surface area contributed by atoms with Crippen molar-refractivity contribution in [1.82, 2.24) is 14.4 Å². The van der Waals surface area contributed by atoms with Crippen molar-refractivity contribution >= 4 is 18.1 Å². The van der Waals surface area contributed by atoms with E-state index in [1.807, 2.05) is 19.9 Å². The predicted molar refractivity (Wildman–Crippen MR) is 130 cm³/mol. The summed E-state index contributed by atoms with van der Waals surface area (Å²) in [5, 5.41) is 5.42. The Bertz CT molecular complexity index is 1050. The third-order valence-electron chi connectivity index (χ3n) is 5.19. The van der Waals surface area contributed by atoms with Crippen molar-refractivity contribution in [1.29, 1.82) is 0 Å². The number of unbranched alkanes of at least 4 members (excludes halogenated alkanes) is 1. The van der Waals surface area contributed by atoms with Gasteiger partial charge in [-0.1, -0.05) is 55.3 Å². The highest BCUT2D eigenvalue weighted by Crippen LogP contribution is 2.26. The molecule has 3 rings (SSSR count). The van der Waals surface area contributed by atoms with Gasteiger partial charge in [0.1, 0.15) is 5.65 Å². The van der Waals surface area contributed by atoms with E-state index in [4.69, 9.17) is 4.98 Å². The number of carbonyl (C=O) groups is 1. The SMILES string of the molecule is C/C=C(/C)N(C)/N=C/C=O.CCCCc1c(-c2ccc(C)cc2)nc2ccc(C)cn12. The molecule has 3 aromatic rings. The normalized spacial score (nSPS) is 11.5. The molecule has 0 bridgehead atoms. The van der Waals surface area contributed by atoms with Crippen LogP contribution in [0.25, 0.3) is 16.9 Å². The minimum Gasteiger partial charge on any atom is -0.303 e. The summed E-state index contributed by atoms with van der Waals surface area (Å²) in [6, 6.07) is 12.9. The maximum Gasteiger partial charge on any atom is 0.162 e. The van der Waals surface area contributed by atoms with Crippen LogP contribution >= 0.6 is 0 Å². The summed E-state index contributed by atoms with van der Waals surface area (Å²) in [4.78, 5) is 14.7. The number of hydrogen-bond donors (Lipinski definition) is 0. The summed E-state index contributed by atoms with van der Waals surface area (Å²) in [6.45, 7) is 10.3. The summed E-state index contributed by atoms with van der Waals surface area (Å²) in [5.74, 6) is 0. The zero-order chi connectivity index (χ0) is 22.8. The number of allylic oxidation sites excluding steroid dienone is 2. The van der Waals surface area contributed by atoms with Crippen molar-refractivity contribution in [2.45, 2.75) is 53.9 Å². The van der Waals surface area contributed by atoms with E-state index in [-0.39, 0.29) is 0 Å². The molecule has 2 heterocycles. The van der Waals surface area contributed by atoms with Crippen molar-refractivity contribution in [3.63, 3.8) is 0 Å². The Morgan fingerprint density at radius 1 is 1.13 bits per heavy atom. The first-order valence-electron chi connectivity index (χ1n) is 10.8. The van der Waals surface area contributed by atoms with Gasteiger partial charge in [-0.3, -0.25) is 9.80 Å². The van der Waals surface area contributed by atoms with E-state index in [2.05, 4.69) is 72.9 Å². The summed E-state index contributed by atoms with van der Waals surface area (Å²) >= 11 is 0. The molecule has 164 valence electrons. The second kappa shape index (κ2) is 11.8. The van der Waals surface area contributed by atoms with Gasteiger partial charge in [0, 0.05) is 24.5 Å². The summed E-state index contributed by atoms with van der Waals surface area (Å²) in [5.41, 5.74) is 8.29. The number of aryl methyl sites for hydroxylation is 3. The van der Waals surface area contributed by atoms with Crippen LogP contribution in [0, 0.1) is 13.8 Å². The van der Waals surface area contributed by atoms with E-state index in [1.165, 1.54) is 41.4 Å². The van der Waals surface area contributed by atoms with Crippen LogP contribution in [0.3, 0.4) is 0 Å². The number of imidazole rings is 1. The van der Waals surface area contributed by atoms with E-state index in [9.17, 15) is 4.79 Å². The molecule has 0 amide bonds. The Hall–Kier alpha value is -3.21. The summed E-state index contributed by atoms with van der Waals surface area (Å²) < 4.78 is 2.26. The lowest BCUT2D eigenvalue weighted by atomic mass is 10.1. The Labute approximate surface area is 186 Å². The van der Waals surface area contributed by atoms with Gasteiger partial charge in [0.25, 0.3) is 0 Å². The first kappa shape index (κ1) is 24.1. The zero-order valence-corrected chi connectivity index (χ0v) is 19.6. The van der Waals surface area contributed by atoms with Crippen LogP contribution in [0.15, 0.2) is 59.5 Å². The highest BCUT2D eigenvalue weighted by atomic mass is 16.1. The fraction of sp³-hybridized carbons (Fsp3) is 0.346. The summed E-state index contributed by atoms with van der Waals surface area (Å²) in [6.07, 6.45) is 9.46. The van der Waals surface area contributed by atoms with Gasteiger partial charge in [0.15, 0.2) is 6.29 Å². The lowest BCUT2D eigenvalue weighted by Gasteiger charge is -2.10. The molecule has 0 saturated carbocycles. The first-order chi connectivity index (χ1) is 14.9. The fourth-order valence-electron chi connectivity index (χ4n) is 3.13. The number of hydrogen-bond acceptors (Lipinski definition) is 4. The third-order valence-corrected chi connectivity index (χ3v) is 5.19. The number of aromatic nitrogens is 2. The van der Waals surface area contributed by atoms with Gasteiger partial charge in [0.2, 0.25) is 0 Å². The minimum atomic E-state index is 0.652. The maximum absolute atomic E-state index is 9.82. The molecule has 0 radical (unpaired) electrons. The summed E-state index contributed by atoms with van der Waals surface area (Å²) in [7, 11) is 1.79. The van der Waals surface area contributed by atoms with Gasteiger partial charge in [0.05, 0.1) is 17.6 Å². The number of nitrogens with zero attached hydrogens (tertiary/aromatic N) is 4. The van der Waals surface area contributed by atoms with Crippen LogP contribution < -0.4 is 0 Å². The Balaban J connectivity index is 0.000000291. The number of rotatable bonds is 7. The number of benzene rings is 1. The van der Waals surface area contributed by atoms with E-state index in [0.717, 1.165) is 23.5 Å². The van der Waals surface area contributed by atoms with Gasteiger partial charge in [-0.05, 0) is 52.2 Å². The Morgan fingerprint density at radius 3 is 2.42 bits per heavy atom. The number of carbonyl (C=O) groups excluding carboxylic acids is 1. The standard InChI is InChI=1S/C19H22N2.C7H12N2O/c1-4-5-6-17-19(16-10-7-14(2)8-11-16)20-18-12-9-15(3)13-21(17)18;1-4-7(2)9(3)8-5-6-10/h7-13H,4-6H2,1-3H3;4-6H,1-3H3/b;7-4-,8-5+. The maximum atomic E-state index is 9.82. The van der Waals surface area contributed by atoms with Crippen LogP contribution in [0.1, 0.15) is 50.4 Å². The molecular formula is C26H34N4O. The van der Waals surface area contributed by atoms with Gasteiger partial charge in [-0.15, -0.1) is 0 Å². The van der Waals surface area contributed by atoms with Crippen molar-refractivity contribution in [3.8, 4) is 11.3 Å². The van der Waals surface area contributed by atoms with Crippen molar-refractivity contribution in [3.05, 3.63) is 71.2 Å². The number of fused-ring (bicyclic) bond motifs is 1. The minimum absolute atomic E-state index is 0.652. The van der Waals surface area contributed by atoms with Gasteiger partial charge in [-0.2, -0.15) is 5.10 Å². The lowest BCUT2D eigenvalue weighted by molar-refractivity contribution is -0.102. The monoisotopic (exact) mass is 418 g/mol. The average molecular weight is 419 g/mol. The quantitative estimate of drug-likeness (QED) is 0.269. The average Bonchev–Trinajstić information content (AvgIpc) is 3.13. The van der Waals surface area contributed by atoms with Gasteiger partial charge < -0.3 is 4.40 Å². The predicted octanol–water partition coefficient (Wildman–Crippen LogP) is 5.99. The topological polar surface area (TPSA) is 50.0 Å². The van der Waals surface area contributed by atoms with E-state index in [1.54, 1.807) is 12.1 Å². The van der Waals surface area contributed by atoms with E-state index in [0.29, 0.717) is 6.29 Å². The molecule has 0 aliphatic carbocycles. The Morgan fingerprint density at radius 2 is 1.81 bits per heavy atom. The van der Waals surface area contributed by atoms with E-state index < -0.39 is 0 Å². The molecular weight excluding hydrogens is 384 g/mol. The molecule has 0 fully saturated rings. The molecule has 1 aromatic carbocycles. The lowest BCUT2D eigenvalue weighted by Crippen LogP contribution is -2.07. The molecule has 31 heavy (non-hydrogen) atoms. The number of hydrazone groups is 1. The van der Waals surface area contributed by atoms with E-state index >= 15 is 0 Å². The smallest absolute Gasteiger partial charge is 0.162 e. The van der Waals surface area contributed by atoms with Crippen molar-refractivity contribution in [2.75, 3.05) is 7.05 Å². The molecule has 0 atom stereocenters. The molecule has 2 aromatic heterocycles. The fourth-order valence-corrected chi connectivity index (χ4v) is 3.13. The second-order valence-electron chi connectivity index (χ2n) is 7.67. The number of pyridine rings is 1. The second-order valence-corrected chi connectivity index (χ2v) is 7.67. The molecule has 0 saturated heterocycles. The van der Waals surface area contributed by atoms with Crippen LogP contribution in [-0.2, 0) is 11.2 Å². The molecule has 0 N–H and O–H groups in total. The molecule has 0 unspecified atom stereocenters. The number of aldehydes is 1. The third kappa shape index (κ3) is 6.64. The molecule has 5 heteroatoms. The van der Waals surface area contributed by atoms with Gasteiger partial charge >= 0.3 is 0 Å². The molecule has 5 nitrogen and oxygen atoms in total. The van der Waals surface area contributed by atoms with Gasteiger partial charge in [-0.25, -0.2) is 4.98 Å². The van der Waals surface area contributed by atoms with Crippen LogP contribution in [0.4, 0.5) is 0 Å². The highest BCUT2D eigenvalue weighted by Gasteiger charge is 2.13.